The maximum Gasteiger partial charge on any atom is 0.109 e. The van der Waals surface area contributed by atoms with Gasteiger partial charge in [-0.15, -0.1) is 0 Å². The molecule has 0 heterocycles. The van der Waals surface area contributed by atoms with E-state index in [4.69, 9.17) is 0 Å². The lowest BCUT2D eigenvalue weighted by Crippen LogP contribution is -2.50. The van der Waals surface area contributed by atoms with Crippen LogP contribution in [0.1, 0.15) is 52.4 Å². The van der Waals surface area contributed by atoms with Crippen LogP contribution in [0.4, 0.5) is 0 Å². The standard InChI is InChI=1S/C15H27N3/c1-12(2)17-15(11-16)9-4-5-13(15)8-10-18(3)14-6-7-14/h12-14,17H,4-10H2,1-3H3. The lowest BCUT2D eigenvalue weighted by atomic mass is 9.85. The first-order valence-electron chi connectivity index (χ1n) is 7.46. The van der Waals surface area contributed by atoms with Crippen LogP contribution in [0, 0.1) is 17.2 Å². The van der Waals surface area contributed by atoms with Gasteiger partial charge >= 0.3 is 0 Å². The molecule has 2 rings (SSSR count). The van der Waals surface area contributed by atoms with Gasteiger partial charge < -0.3 is 4.90 Å². The molecule has 2 aliphatic rings. The van der Waals surface area contributed by atoms with Crippen LogP contribution < -0.4 is 5.32 Å². The normalized spacial score (nSPS) is 32.1. The van der Waals surface area contributed by atoms with Gasteiger partial charge in [0.15, 0.2) is 0 Å². The third-order valence-corrected chi connectivity index (χ3v) is 4.57. The molecule has 3 heteroatoms. The summed E-state index contributed by atoms with van der Waals surface area (Å²) in [4.78, 5) is 2.48. The summed E-state index contributed by atoms with van der Waals surface area (Å²) in [5.74, 6) is 0.533. The number of hydrogen-bond donors (Lipinski definition) is 1. The van der Waals surface area contributed by atoms with Crippen molar-refractivity contribution in [3.63, 3.8) is 0 Å². The largest absolute Gasteiger partial charge is 0.303 e. The smallest absolute Gasteiger partial charge is 0.109 e. The average molecular weight is 249 g/mol. The maximum atomic E-state index is 9.60. The van der Waals surface area contributed by atoms with Crippen LogP contribution in [0.2, 0.25) is 0 Å². The Kier molecular flexibility index (Phi) is 4.29. The van der Waals surface area contributed by atoms with Crippen molar-refractivity contribution in [1.82, 2.24) is 10.2 Å². The highest BCUT2D eigenvalue weighted by molar-refractivity contribution is 5.14. The quantitative estimate of drug-likeness (QED) is 0.786. The molecule has 2 atom stereocenters. The van der Waals surface area contributed by atoms with Crippen molar-refractivity contribution in [2.75, 3.05) is 13.6 Å². The fraction of sp³-hybridized carbons (Fsp3) is 0.933. The van der Waals surface area contributed by atoms with Crippen molar-refractivity contribution in [3.8, 4) is 6.07 Å². The average Bonchev–Trinajstić information content (AvgIpc) is 3.10. The molecule has 0 radical (unpaired) electrons. The van der Waals surface area contributed by atoms with Gasteiger partial charge in [-0.2, -0.15) is 5.26 Å². The molecule has 1 N–H and O–H groups in total. The van der Waals surface area contributed by atoms with Crippen LogP contribution in [-0.2, 0) is 0 Å². The van der Waals surface area contributed by atoms with Gasteiger partial charge in [0.2, 0.25) is 0 Å². The Morgan fingerprint density at radius 2 is 2.11 bits per heavy atom. The fourth-order valence-corrected chi connectivity index (χ4v) is 3.41. The molecule has 18 heavy (non-hydrogen) atoms. The van der Waals surface area contributed by atoms with Gasteiger partial charge in [-0.05, 0) is 65.5 Å². The molecule has 0 aromatic carbocycles. The van der Waals surface area contributed by atoms with E-state index in [-0.39, 0.29) is 5.54 Å². The highest BCUT2D eigenvalue weighted by atomic mass is 15.1. The molecule has 0 aromatic heterocycles. The van der Waals surface area contributed by atoms with Crippen LogP contribution in [-0.4, -0.2) is 36.1 Å². The Morgan fingerprint density at radius 3 is 2.67 bits per heavy atom. The van der Waals surface area contributed by atoms with Crippen LogP contribution in [0.25, 0.3) is 0 Å². The van der Waals surface area contributed by atoms with Gasteiger partial charge in [0.05, 0.1) is 6.07 Å². The molecule has 0 aromatic rings. The molecule has 0 aliphatic heterocycles. The summed E-state index contributed by atoms with van der Waals surface area (Å²) in [7, 11) is 2.23. The molecule has 0 spiro atoms. The van der Waals surface area contributed by atoms with Crippen molar-refractivity contribution in [2.24, 2.45) is 5.92 Å². The number of hydrogen-bond acceptors (Lipinski definition) is 3. The Labute approximate surface area is 112 Å². The summed E-state index contributed by atoms with van der Waals surface area (Å²) in [6, 6.07) is 3.83. The van der Waals surface area contributed by atoms with E-state index in [0.717, 1.165) is 19.0 Å². The lowest BCUT2D eigenvalue weighted by Gasteiger charge is -2.33. The Hall–Kier alpha value is -0.590. The van der Waals surface area contributed by atoms with Crippen molar-refractivity contribution < 1.29 is 0 Å². The molecular formula is C15H27N3. The third kappa shape index (κ3) is 3.05. The molecule has 102 valence electrons. The number of nitrogens with zero attached hydrogens (tertiary/aromatic N) is 2. The summed E-state index contributed by atoms with van der Waals surface area (Å²) < 4.78 is 0. The first-order chi connectivity index (χ1) is 8.57. The summed E-state index contributed by atoms with van der Waals surface area (Å²) in [5.41, 5.74) is -0.251. The Morgan fingerprint density at radius 1 is 1.39 bits per heavy atom. The van der Waals surface area contributed by atoms with Gasteiger partial charge in [-0.3, -0.25) is 5.32 Å². The second-order valence-electron chi connectivity index (χ2n) is 6.47. The molecule has 0 saturated heterocycles. The maximum absolute atomic E-state index is 9.60. The number of nitrogens with one attached hydrogen (secondary N) is 1. The predicted molar refractivity (Wildman–Crippen MR) is 74.2 cm³/mol. The zero-order valence-electron chi connectivity index (χ0n) is 12.1. The highest BCUT2D eigenvalue weighted by Gasteiger charge is 2.43. The second kappa shape index (κ2) is 5.59. The Bertz CT molecular complexity index is 316. The van der Waals surface area contributed by atoms with Crippen LogP contribution in [0.15, 0.2) is 0 Å². The molecule has 0 bridgehead atoms. The monoisotopic (exact) mass is 249 g/mol. The minimum absolute atomic E-state index is 0.251. The molecule has 2 fully saturated rings. The minimum atomic E-state index is -0.251. The molecule has 2 aliphatic carbocycles. The second-order valence-corrected chi connectivity index (χ2v) is 6.47. The van der Waals surface area contributed by atoms with Gasteiger partial charge in [0.1, 0.15) is 5.54 Å². The predicted octanol–water partition coefficient (Wildman–Crippen LogP) is 2.53. The van der Waals surface area contributed by atoms with E-state index in [1.807, 2.05) is 0 Å². The minimum Gasteiger partial charge on any atom is -0.303 e. The number of nitriles is 1. The van der Waals surface area contributed by atoms with Crippen molar-refractivity contribution in [3.05, 3.63) is 0 Å². The van der Waals surface area contributed by atoms with Gasteiger partial charge in [-0.1, -0.05) is 6.42 Å². The van der Waals surface area contributed by atoms with E-state index in [0.29, 0.717) is 12.0 Å². The van der Waals surface area contributed by atoms with E-state index in [9.17, 15) is 5.26 Å². The first kappa shape index (κ1) is 13.8. The molecule has 3 nitrogen and oxygen atoms in total. The molecule has 2 unspecified atom stereocenters. The summed E-state index contributed by atoms with van der Waals surface area (Å²) in [5, 5.41) is 13.1. The summed E-state index contributed by atoms with van der Waals surface area (Å²) >= 11 is 0. The third-order valence-electron chi connectivity index (χ3n) is 4.57. The van der Waals surface area contributed by atoms with Gasteiger partial charge in [-0.25, -0.2) is 0 Å². The van der Waals surface area contributed by atoms with Crippen LogP contribution in [0.5, 0.6) is 0 Å². The van der Waals surface area contributed by atoms with E-state index in [2.05, 4.69) is 37.2 Å². The van der Waals surface area contributed by atoms with E-state index in [1.165, 1.54) is 32.1 Å². The molecule has 2 saturated carbocycles. The zero-order chi connectivity index (χ0) is 13.2. The van der Waals surface area contributed by atoms with E-state index in [1.54, 1.807) is 0 Å². The van der Waals surface area contributed by atoms with Gasteiger partial charge in [0, 0.05) is 12.1 Å². The van der Waals surface area contributed by atoms with E-state index < -0.39 is 0 Å². The summed E-state index contributed by atoms with van der Waals surface area (Å²) in [6.07, 6.45) is 7.35. The summed E-state index contributed by atoms with van der Waals surface area (Å²) in [6.45, 7) is 5.44. The van der Waals surface area contributed by atoms with Crippen LogP contribution in [0.3, 0.4) is 0 Å². The molecule has 0 amide bonds. The van der Waals surface area contributed by atoms with Crippen LogP contribution >= 0.6 is 0 Å². The van der Waals surface area contributed by atoms with Crippen molar-refractivity contribution in [2.45, 2.75) is 70.0 Å². The van der Waals surface area contributed by atoms with Crippen molar-refractivity contribution in [1.29, 1.82) is 5.26 Å². The highest BCUT2D eigenvalue weighted by Crippen LogP contribution is 2.38. The lowest BCUT2D eigenvalue weighted by molar-refractivity contribution is 0.236. The Balaban J connectivity index is 1.90. The fourth-order valence-electron chi connectivity index (χ4n) is 3.41. The first-order valence-corrected chi connectivity index (χ1v) is 7.46. The topological polar surface area (TPSA) is 39.1 Å². The van der Waals surface area contributed by atoms with Gasteiger partial charge in [0.25, 0.3) is 0 Å². The SMILES string of the molecule is CC(C)NC1(C#N)CCCC1CCN(C)C1CC1. The molecular weight excluding hydrogens is 222 g/mol. The zero-order valence-corrected chi connectivity index (χ0v) is 12.1. The van der Waals surface area contributed by atoms with E-state index >= 15 is 0 Å². The number of rotatable bonds is 6. The van der Waals surface area contributed by atoms with Crippen molar-refractivity contribution >= 4 is 0 Å².